The fourth-order valence-corrected chi connectivity index (χ4v) is 2.95. The molecule has 2 aromatic heterocycles. The van der Waals surface area contributed by atoms with Gasteiger partial charge in [-0.1, -0.05) is 0 Å². The average Bonchev–Trinajstić information content (AvgIpc) is 3.17. The van der Waals surface area contributed by atoms with Gasteiger partial charge in [-0.25, -0.2) is 4.98 Å². The number of ether oxygens (including phenoxy) is 3. The fraction of sp³-hybridized carbons (Fsp3) is 0.158. The van der Waals surface area contributed by atoms with Crippen molar-refractivity contribution in [2.75, 3.05) is 26.6 Å². The molecule has 4 aromatic rings. The highest BCUT2D eigenvalue weighted by Gasteiger charge is 2.13. The minimum atomic E-state index is 0.637. The van der Waals surface area contributed by atoms with Gasteiger partial charge in [-0.3, -0.25) is 5.10 Å². The number of benzene rings is 2. The van der Waals surface area contributed by atoms with Crippen molar-refractivity contribution in [2.24, 2.45) is 0 Å². The van der Waals surface area contributed by atoms with E-state index < -0.39 is 0 Å². The van der Waals surface area contributed by atoms with Crippen LogP contribution in [0.3, 0.4) is 0 Å². The Morgan fingerprint density at radius 3 is 2.50 bits per heavy atom. The van der Waals surface area contributed by atoms with Crippen molar-refractivity contribution in [3.05, 3.63) is 42.6 Å². The molecule has 0 saturated heterocycles. The number of fused-ring (bicyclic) bond motifs is 3. The van der Waals surface area contributed by atoms with Crippen LogP contribution in [0.1, 0.15) is 0 Å². The number of methoxy groups -OCH3 is 3. The molecule has 0 aliphatic heterocycles. The van der Waals surface area contributed by atoms with E-state index in [1.54, 1.807) is 21.3 Å². The number of rotatable bonds is 5. The Labute approximate surface area is 149 Å². The molecule has 0 saturated carbocycles. The van der Waals surface area contributed by atoms with E-state index in [1.807, 2.05) is 42.6 Å². The third kappa shape index (κ3) is 2.63. The standard InChI is InChI=1S/C19H18N4O3/c1-24-12-5-6-13-14-10-20-23-18(14)19(22-15(13)9-12)21-11-4-7-16(25-2)17(8-11)26-3/h4-10H,1-3H3,(H,20,23)(H,21,22). The van der Waals surface area contributed by atoms with Gasteiger partial charge in [0, 0.05) is 34.8 Å². The molecule has 2 heterocycles. The SMILES string of the molecule is COc1ccc2c(c1)nc(Nc1ccc(OC)c(OC)c1)c1n[nH]cc12. The second-order valence-electron chi connectivity index (χ2n) is 5.69. The molecule has 2 N–H and O–H groups in total. The maximum atomic E-state index is 5.36. The first kappa shape index (κ1) is 16.0. The summed E-state index contributed by atoms with van der Waals surface area (Å²) in [6, 6.07) is 11.4. The third-order valence-corrected chi connectivity index (χ3v) is 4.24. The molecule has 0 amide bonds. The van der Waals surface area contributed by atoms with E-state index in [0.717, 1.165) is 33.2 Å². The lowest BCUT2D eigenvalue weighted by molar-refractivity contribution is 0.355. The van der Waals surface area contributed by atoms with Gasteiger partial charge in [-0.2, -0.15) is 5.10 Å². The van der Waals surface area contributed by atoms with Gasteiger partial charge < -0.3 is 19.5 Å². The van der Waals surface area contributed by atoms with Gasteiger partial charge in [-0.15, -0.1) is 0 Å². The number of aromatic amines is 1. The zero-order valence-electron chi connectivity index (χ0n) is 14.7. The van der Waals surface area contributed by atoms with E-state index in [0.29, 0.717) is 17.3 Å². The first-order chi connectivity index (χ1) is 12.7. The van der Waals surface area contributed by atoms with Gasteiger partial charge >= 0.3 is 0 Å². The Balaban J connectivity index is 1.83. The lowest BCUT2D eigenvalue weighted by Gasteiger charge is -2.12. The van der Waals surface area contributed by atoms with Crippen LogP contribution in [0.2, 0.25) is 0 Å². The second-order valence-corrected chi connectivity index (χ2v) is 5.69. The molecule has 0 aliphatic rings. The van der Waals surface area contributed by atoms with E-state index in [-0.39, 0.29) is 0 Å². The first-order valence-electron chi connectivity index (χ1n) is 8.03. The van der Waals surface area contributed by atoms with Crippen molar-refractivity contribution < 1.29 is 14.2 Å². The van der Waals surface area contributed by atoms with Gasteiger partial charge in [-0.05, 0) is 24.3 Å². The van der Waals surface area contributed by atoms with Crippen LogP contribution in [-0.4, -0.2) is 36.5 Å². The fourth-order valence-electron chi connectivity index (χ4n) is 2.95. The third-order valence-electron chi connectivity index (χ3n) is 4.24. The van der Waals surface area contributed by atoms with Crippen molar-refractivity contribution >= 4 is 33.3 Å². The highest BCUT2D eigenvalue weighted by molar-refractivity contribution is 6.09. The second kappa shape index (κ2) is 6.44. The summed E-state index contributed by atoms with van der Waals surface area (Å²) in [7, 11) is 4.85. The normalized spacial score (nSPS) is 10.9. The number of aromatic nitrogens is 3. The van der Waals surface area contributed by atoms with Gasteiger partial charge in [0.05, 0.1) is 26.8 Å². The highest BCUT2D eigenvalue weighted by Crippen LogP contribution is 2.34. The number of anilines is 2. The summed E-state index contributed by atoms with van der Waals surface area (Å²) in [5.74, 6) is 2.71. The molecule has 0 aliphatic carbocycles. The largest absolute Gasteiger partial charge is 0.497 e. The molecular weight excluding hydrogens is 332 g/mol. The molecule has 0 bridgehead atoms. The van der Waals surface area contributed by atoms with Gasteiger partial charge in [0.25, 0.3) is 0 Å². The van der Waals surface area contributed by atoms with Crippen LogP contribution in [0.15, 0.2) is 42.6 Å². The Bertz CT molecular complexity index is 1090. The number of nitrogens with zero attached hydrogens (tertiary/aromatic N) is 2. The zero-order valence-corrected chi connectivity index (χ0v) is 14.7. The van der Waals surface area contributed by atoms with Crippen molar-refractivity contribution in [2.45, 2.75) is 0 Å². The molecular formula is C19H18N4O3. The summed E-state index contributed by atoms with van der Waals surface area (Å²) in [6.07, 6.45) is 1.87. The van der Waals surface area contributed by atoms with E-state index in [9.17, 15) is 0 Å². The summed E-state index contributed by atoms with van der Waals surface area (Å²) in [5.41, 5.74) is 2.40. The molecule has 132 valence electrons. The lowest BCUT2D eigenvalue weighted by atomic mass is 10.1. The van der Waals surface area contributed by atoms with E-state index in [4.69, 9.17) is 19.2 Å². The van der Waals surface area contributed by atoms with Crippen LogP contribution in [0.4, 0.5) is 11.5 Å². The Morgan fingerprint density at radius 1 is 0.885 bits per heavy atom. The number of nitrogens with one attached hydrogen (secondary N) is 2. The molecule has 2 aromatic carbocycles. The number of hydrogen-bond acceptors (Lipinski definition) is 6. The molecule has 0 unspecified atom stereocenters. The molecule has 0 atom stereocenters. The maximum Gasteiger partial charge on any atom is 0.162 e. The van der Waals surface area contributed by atoms with Crippen LogP contribution in [0.25, 0.3) is 21.8 Å². The average molecular weight is 350 g/mol. The zero-order chi connectivity index (χ0) is 18.1. The van der Waals surface area contributed by atoms with E-state index >= 15 is 0 Å². The first-order valence-corrected chi connectivity index (χ1v) is 8.03. The van der Waals surface area contributed by atoms with Crippen molar-refractivity contribution in [1.82, 2.24) is 15.2 Å². The van der Waals surface area contributed by atoms with Crippen LogP contribution in [0, 0.1) is 0 Å². The number of hydrogen-bond donors (Lipinski definition) is 2. The summed E-state index contributed by atoms with van der Waals surface area (Å²) in [4.78, 5) is 4.73. The lowest BCUT2D eigenvalue weighted by Crippen LogP contribution is -1.98. The quantitative estimate of drug-likeness (QED) is 0.568. The highest BCUT2D eigenvalue weighted by atomic mass is 16.5. The van der Waals surface area contributed by atoms with Gasteiger partial charge in [0.15, 0.2) is 17.3 Å². The number of pyridine rings is 1. The molecule has 7 nitrogen and oxygen atoms in total. The predicted octanol–water partition coefficient (Wildman–Crippen LogP) is 3.88. The van der Waals surface area contributed by atoms with E-state index in [2.05, 4.69) is 15.5 Å². The predicted molar refractivity (Wildman–Crippen MR) is 101 cm³/mol. The Morgan fingerprint density at radius 2 is 1.73 bits per heavy atom. The van der Waals surface area contributed by atoms with Crippen molar-refractivity contribution in [1.29, 1.82) is 0 Å². The topological polar surface area (TPSA) is 81.3 Å². The molecule has 0 spiro atoms. The van der Waals surface area contributed by atoms with Crippen molar-refractivity contribution in [3.8, 4) is 17.2 Å². The monoisotopic (exact) mass is 350 g/mol. The summed E-state index contributed by atoms with van der Waals surface area (Å²) < 4.78 is 16.0. The maximum absolute atomic E-state index is 5.36. The van der Waals surface area contributed by atoms with Crippen LogP contribution in [-0.2, 0) is 0 Å². The molecule has 0 fully saturated rings. The molecule has 4 rings (SSSR count). The molecule has 0 radical (unpaired) electrons. The molecule has 7 heteroatoms. The minimum Gasteiger partial charge on any atom is -0.497 e. The Hall–Kier alpha value is -3.48. The minimum absolute atomic E-state index is 0.637. The number of H-pyrrole nitrogens is 1. The summed E-state index contributed by atoms with van der Waals surface area (Å²) in [6.45, 7) is 0. The Kier molecular flexibility index (Phi) is 3.96. The van der Waals surface area contributed by atoms with Gasteiger partial charge in [0.1, 0.15) is 11.3 Å². The van der Waals surface area contributed by atoms with E-state index in [1.165, 1.54) is 0 Å². The smallest absolute Gasteiger partial charge is 0.162 e. The van der Waals surface area contributed by atoms with Crippen molar-refractivity contribution in [3.63, 3.8) is 0 Å². The van der Waals surface area contributed by atoms with Crippen LogP contribution < -0.4 is 19.5 Å². The van der Waals surface area contributed by atoms with Crippen LogP contribution in [0.5, 0.6) is 17.2 Å². The van der Waals surface area contributed by atoms with Crippen LogP contribution >= 0.6 is 0 Å². The summed E-state index contributed by atoms with van der Waals surface area (Å²) >= 11 is 0. The van der Waals surface area contributed by atoms with Gasteiger partial charge in [0.2, 0.25) is 0 Å². The summed E-state index contributed by atoms with van der Waals surface area (Å²) in [5, 5.41) is 12.6. The molecule has 26 heavy (non-hydrogen) atoms.